The number of hydrogen-bond acceptors (Lipinski definition) is 2. The van der Waals surface area contributed by atoms with Crippen LogP contribution in [0.1, 0.15) is 22.8 Å². The summed E-state index contributed by atoms with van der Waals surface area (Å²) in [6.07, 6.45) is 0.438. The average molecular weight is 303 g/mol. The van der Waals surface area contributed by atoms with Crippen molar-refractivity contribution in [1.29, 1.82) is 0 Å². The minimum atomic E-state index is -0.500. The third kappa shape index (κ3) is 4.44. The summed E-state index contributed by atoms with van der Waals surface area (Å²) in [5.74, 6) is 0. The molecule has 2 N–H and O–H groups in total. The molecule has 0 aliphatic rings. The van der Waals surface area contributed by atoms with E-state index in [1.54, 1.807) is 0 Å². The Balaban J connectivity index is 1.55. The lowest BCUT2D eigenvalue weighted by atomic mass is 10.0. The zero-order valence-electron chi connectivity index (χ0n) is 13.0. The van der Waals surface area contributed by atoms with E-state index < -0.39 is 6.10 Å². The minimum Gasteiger partial charge on any atom is -0.387 e. The van der Waals surface area contributed by atoms with Crippen LogP contribution in [0.4, 0.5) is 5.69 Å². The molecule has 0 spiro atoms. The number of aliphatic hydroxyl groups excluding tert-OH is 1. The van der Waals surface area contributed by atoms with E-state index in [4.69, 9.17) is 0 Å². The molecule has 0 heterocycles. The monoisotopic (exact) mass is 303 g/mol. The molecule has 0 radical (unpaired) electrons. The molecule has 0 bridgehead atoms. The Kier molecular flexibility index (Phi) is 5.07. The quantitative estimate of drug-likeness (QED) is 0.706. The van der Waals surface area contributed by atoms with Gasteiger partial charge in [0.1, 0.15) is 0 Å². The van der Waals surface area contributed by atoms with Gasteiger partial charge in [0.25, 0.3) is 0 Å². The predicted molar refractivity (Wildman–Crippen MR) is 95.6 cm³/mol. The lowest BCUT2D eigenvalue weighted by Gasteiger charge is -2.13. The highest BCUT2D eigenvalue weighted by Crippen LogP contribution is 2.16. The molecule has 2 nitrogen and oxygen atoms in total. The van der Waals surface area contributed by atoms with E-state index in [9.17, 15) is 5.11 Å². The highest BCUT2D eigenvalue weighted by atomic mass is 16.3. The maximum absolute atomic E-state index is 10.2. The Labute approximate surface area is 137 Å². The summed E-state index contributed by atoms with van der Waals surface area (Å²) in [6.45, 7) is 0.502. The number of rotatable bonds is 6. The summed E-state index contributed by atoms with van der Waals surface area (Å²) >= 11 is 0. The highest BCUT2D eigenvalue weighted by Gasteiger charge is 2.06. The number of anilines is 1. The van der Waals surface area contributed by atoms with E-state index in [2.05, 4.69) is 53.8 Å². The molecule has 1 atom stereocenters. The van der Waals surface area contributed by atoms with Crippen LogP contribution in [0.2, 0.25) is 0 Å². The van der Waals surface area contributed by atoms with Crippen LogP contribution in [0.3, 0.4) is 0 Å². The van der Waals surface area contributed by atoms with Gasteiger partial charge in [-0.2, -0.15) is 0 Å². The van der Waals surface area contributed by atoms with Crippen LogP contribution in [0.25, 0.3) is 0 Å². The Morgan fingerprint density at radius 1 is 0.696 bits per heavy atom. The third-order valence-electron chi connectivity index (χ3n) is 3.89. The summed E-state index contributed by atoms with van der Waals surface area (Å²) in [6, 6.07) is 28.6. The predicted octanol–water partition coefficient (Wildman–Crippen LogP) is 4.42. The minimum absolute atomic E-state index is 0.500. The van der Waals surface area contributed by atoms with Crippen molar-refractivity contribution >= 4 is 5.69 Å². The lowest BCUT2D eigenvalue weighted by Crippen LogP contribution is -2.11. The molecule has 116 valence electrons. The fraction of sp³-hybridized carbons (Fsp3) is 0.143. The molecular weight excluding hydrogens is 282 g/mol. The van der Waals surface area contributed by atoms with Crippen molar-refractivity contribution in [2.24, 2.45) is 0 Å². The summed E-state index contributed by atoms with van der Waals surface area (Å²) in [4.78, 5) is 0. The van der Waals surface area contributed by atoms with Gasteiger partial charge in [-0.15, -0.1) is 0 Å². The first-order valence-electron chi connectivity index (χ1n) is 7.91. The lowest BCUT2D eigenvalue weighted by molar-refractivity contribution is 0.191. The molecular formula is C21H21NO. The van der Waals surface area contributed by atoms with Gasteiger partial charge < -0.3 is 10.4 Å². The topological polar surface area (TPSA) is 32.3 Å². The average Bonchev–Trinajstić information content (AvgIpc) is 2.62. The van der Waals surface area contributed by atoms with Gasteiger partial charge in [0.2, 0.25) is 0 Å². The number of aliphatic hydroxyl groups is 1. The first-order valence-corrected chi connectivity index (χ1v) is 7.91. The molecule has 2 heteroatoms. The van der Waals surface area contributed by atoms with Gasteiger partial charge in [0.15, 0.2) is 0 Å². The molecule has 0 aromatic heterocycles. The van der Waals surface area contributed by atoms with E-state index in [-0.39, 0.29) is 0 Å². The maximum Gasteiger partial charge on any atom is 0.0962 e. The van der Waals surface area contributed by atoms with E-state index in [1.807, 2.05) is 36.4 Å². The first-order chi connectivity index (χ1) is 11.3. The zero-order valence-corrected chi connectivity index (χ0v) is 13.0. The van der Waals surface area contributed by atoms with Crippen LogP contribution in [-0.4, -0.2) is 11.7 Å². The van der Waals surface area contributed by atoms with Crippen molar-refractivity contribution in [2.75, 3.05) is 11.9 Å². The normalized spacial score (nSPS) is 11.9. The van der Waals surface area contributed by atoms with Crippen molar-refractivity contribution in [3.63, 3.8) is 0 Å². The molecule has 23 heavy (non-hydrogen) atoms. The van der Waals surface area contributed by atoms with Crippen LogP contribution in [0.15, 0.2) is 84.9 Å². The van der Waals surface area contributed by atoms with Crippen LogP contribution in [-0.2, 0) is 6.42 Å². The van der Waals surface area contributed by atoms with Crippen LogP contribution < -0.4 is 5.32 Å². The van der Waals surface area contributed by atoms with Gasteiger partial charge in [-0.05, 0) is 35.2 Å². The van der Waals surface area contributed by atoms with E-state index in [1.165, 1.54) is 11.1 Å². The molecule has 0 amide bonds. The Morgan fingerprint density at radius 2 is 1.26 bits per heavy atom. The molecule has 3 aromatic rings. The number of benzene rings is 3. The van der Waals surface area contributed by atoms with Crippen molar-refractivity contribution in [3.05, 3.63) is 102 Å². The largest absolute Gasteiger partial charge is 0.387 e. The van der Waals surface area contributed by atoms with Gasteiger partial charge in [0, 0.05) is 12.2 Å². The molecule has 0 fully saturated rings. The first kappa shape index (κ1) is 15.3. The van der Waals surface area contributed by atoms with Gasteiger partial charge >= 0.3 is 0 Å². The molecule has 0 saturated heterocycles. The Bertz CT molecular complexity index is 708. The van der Waals surface area contributed by atoms with E-state index in [0.29, 0.717) is 6.54 Å². The zero-order chi connectivity index (χ0) is 15.9. The van der Waals surface area contributed by atoms with Gasteiger partial charge in [-0.1, -0.05) is 72.8 Å². The van der Waals surface area contributed by atoms with E-state index >= 15 is 0 Å². The molecule has 0 aliphatic carbocycles. The highest BCUT2D eigenvalue weighted by molar-refractivity contribution is 5.45. The summed E-state index contributed by atoms with van der Waals surface area (Å²) in [5, 5.41) is 13.5. The van der Waals surface area contributed by atoms with Gasteiger partial charge in [0.05, 0.1) is 6.10 Å². The third-order valence-corrected chi connectivity index (χ3v) is 3.89. The fourth-order valence-electron chi connectivity index (χ4n) is 2.58. The molecule has 1 unspecified atom stereocenters. The number of hydrogen-bond donors (Lipinski definition) is 2. The van der Waals surface area contributed by atoms with Gasteiger partial charge in [-0.3, -0.25) is 0 Å². The molecule has 0 saturated carbocycles. The summed E-state index contributed by atoms with van der Waals surface area (Å²) in [7, 11) is 0. The second kappa shape index (κ2) is 7.61. The van der Waals surface area contributed by atoms with Crippen LogP contribution >= 0.6 is 0 Å². The molecule has 3 aromatic carbocycles. The van der Waals surface area contributed by atoms with Gasteiger partial charge in [-0.25, -0.2) is 0 Å². The second-order valence-corrected chi connectivity index (χ2v) is 5.67. The Morgan fingerprint density at radius 3 is 1.91 bits per heavy atom. The molecule has 3 rings (SSSR count). The molecule has 0 aliphatic heterocycles. The van der Waals surface area contributed by atoms with Crippen molar-refractivity contribution in [3.8, 4) is 0 Å². The number of nitrogens with one attached hydrogen (secondary N) is 1. The smallest absolute Gasteiger partial charge is 0.0962 e. The Hall–Kier alpha value is -2.58. The van der Waals surface area contributed by atoms with E-state index in [0.717, 1.165) is 17.7 Å². The van der Waals surface area contributed by atoms with Crippen molar-refractivity contribution in [2.45, 2.75) is 12.5 Å². The maximum atomic E-state index is 10.2. The SMILES string of the molecule is OC(CNc1ccc(Cc2ccccc2)cc1)c1ccccc1. The summed E-state index contributed by atoms with van der Waals surface area (Å²) in [5.41, 5.74) is 4.55. The second-order valence-electron chi connectivity index (χ2n) is 5.67. The standard InChI is InChI=1S/C21H21NO/c23-21(19-9-5-2-6-10-19)16-22-20-13-11-18(12-14-20)15-17-7-3-1-4-8-17/h1-14,21-23H,15-16H2. The fourth-order valence-corrected chi connectivity index (χ4v) is 2.58. The summed E-state index contributed by atoms with van der Waals surface area (Å²) < 4.78 is 0. The van der Waals surface area contributed by atoms with Crippen molar-refractivity contribution < 1.29 is 5.11 Å². The van der Waals surface area contributed by atoms with Crippen molar-refractivity contribution in [1.82, 2.24) is 0 Å². The van der Waals surface area contributed by atoms with Crippen LogP contribution in [0, 0.1) is 0 Å². The van der Waals surface area contributed by atoms with Crippen LogP contribution in [0.5, 0.6) is 0 Å².